The zero-order valence-corrected chi connectivity index (χ0v) is 16.0. The highest BCUT2D eigenvalue weighted by Gasteiger charge is 2.12. The quantitative estimate of drug-likeness (QED) is 0.781. The zero-order valence-electron chi connectivity index (χ0n) is 15.2. The number of aryl methyl sites for hydroxylation is 1. The monoisotopic (exact) mass is 372 g/mol. The highest BCUT2D eigenvalue weighted by Crippen LogP contribution is 2.22. The van der Waals surface area contributed by atoms with Gasteiger partial charge in [-0.1, -0.05) is 43.2 Å². The predicted octanol–water partition coefficient (Wildman–Crippen LogP) is 4.44. The van der Waals surface area contributed by atoms with E-state index in [4.69, 9.17) is 0 Å². The first-order valence-corrected chi connectivity index (χ1v) is 11.2. The van der Waals surface area contributed by atoms with Crippen molar-refractivity contribution in [2.45, 2.75) is 38.5 Å². The van der Waals surface area contributed by atoms with Crippen molar-refractivity contribution in [3.05, 3.63) is 60.2 Å². The molecule has 0 bridgehead atoms. The maximum Gasteiger partial charge on any atom is 0.232 e. The van der Waals surface area contributed by atoms with Crippen LogP contribution >= 0.6 is 0 Å². The second kappa shape index (κ2) is 9.08. The van der Waals surface area contributed by atoms with Gasteiger partial charge in [-0.25, -0.2) is 8.42 Å². The van der Waals surface area contributed by atoms with Gasteiger partial charge in [0.25, 0.3) is 0 Å². The molecule has 0 radical (unpaired) electrons. The van der Waals surface area contributed by atoms with Crippen LogP contribution in [-0.4, -0.2) is 27.3 Å². The van der Waals surface area contributed by atoms with Gasteiger partial charge in [-0.15, -0.1) is 0 Å². The Kier molecular flexibility index (Phi) is 6.56. The summed E-state index contributed by atoms with van der Waals surface area (Å²) in [7, 11) is -3.31. The molecule has 26 heavy (non-hydrogen) atoms. The second-order valence-electron chi connectivity index (χ2n) is 6.96. The van der Waals surface area contributed by atoms with Crippen LogP contribution in [0.5, 0.6) is 0 Å². The number of sulfonamides is 1. The zero-order chi connectivity index (χ0) is 18.2. The molecule has 1 aliphatic rings. The van der Waals surface area contributed by atoms with Gasteiger partial charge in [-0.2, -0.15) is 0 Å². The number of nitrogens with one attached hydrogen (secondary N) is 1. The summed E-state index contributed by atoms with van der Waals surface area (Å²) >= 11 is 0. The topological polar surface area (TPSA) is 49.4 Å². The van der Waals surface area contributed by atoms with E-state index in [1.165, 1.54) is 36.9 Å². The first-order chi connectivity index (χ1) is 12.6. The van der Waals surface area contributed by atoms with Crippen molar-refractivity contribution in [2.75, 3.05) is 28.5 Å². The van der Waals surface area contributed by atoms with Crippen LogP contribution < -0.4 is 9.62 Å². The van der Waals surface area contributed by atoms with Crippen LogP contribution in [0.2, 0.25) is 0 Å². The van der Waals surface area contributed by atoms with E-state index < -0.39 is 10.0 Å². The number of nitrogens with zero attached hydrogens (tertiary/aromatic N) is 1. The summed E-state index contributed by atoms with van der Waals surface area (Å²) in [6.45, 7) is 2.18. The summed E-state index contributed by atoms with van der Waals surface area (Å²) in [5, 5.41) is 0. The van der Waals surface area contributed by atoms with E-state index in [0.29, 0.717) is 12.1 Å². The molecule has 0 saturated carbocycles. The third-order valence-electron chi connectivity index (χ3n) is 4.83. The molecular formula is C21H28N2O2S. The Hall–Kier alpha value is -2.01. The van der Waals surface area contributed by atoms with E-state index in [0.717, 1.165) is 19.5 Å². The molecule has 0 amide bonds. The molecule has 140 valence electrons. The maximum absolute atomic E-state index is 12.3. The summed E-state index contributed by atoms with van der Waals surface area (Å²) in [5.74, 6) is 0.135. The van der Waals surface area contributed by atoms with Crippen LogP contribution in [0.15, 0.2) is 54.6 Å². The van der Waals surface area contributed by atoms with E-state index >= 15 is 0 Å². The van der Waals surface area contributed by atoms with Crippen LogP contribution in [0.3, 0.4) is 0 Å². The Bertz CT molecular complexity index is 765. The van der Waals surface area contributed by atoms with Gasteiger partial charge in [0.05, 0.1) is 5.75 Å². The van der Waals surface area contributed by atoms with Gasteiger partial charge in [0.1, 0.15) is 0 Å². The summed E-state index contributed by atoms with van der Waals surface area (Å²) < 4.78 is 27.3. The van der Waals surface area contributed by atoms with Gasteiger partial charge in [0, 0.05) is 24.5 Å². The average Bonchev–Trinajstić information content (AvgIpc) is 2.92. The molecule has 0 unspecified atom stereocenters. The number of hydrogen-bond donors (Lipinski definition) is 1. The predicted molar refractivity (Wildman–Crippen MR) is 109 cm³/mol. The fraction of sp³-hybridized carbons (Fsp3) is 0.429. The molecule has 0 aliphatic carbocycles. The Balaban J connectivity index is 1.52. The van der Waals surface area contributed by atoms with Crippen molar-refractivity contribution in [1.82, 2.24) is 0 Å². The largest absolute Gasteiger partial charge is 0.372 e. The van der Waals surface area contributed by atoms with Crippen molar-refractivity contribution in [1.29, 1.82) is 0 Å². The minimum atomic E-state index is -3.31. The molecule has 5 heteroatoms. The smallest absolute Gasteiger partial charge is 0.232 e. The molecule has 0 aromatic heterocycles. The third-order valence-corrected chi connectivity index (χ3v) is 6.21. The SMILES string of the molecule is O=S(=O)(CCCc1ccccc1)Nc1ccc(N2CCCCCC2)cc1. The molecular weight excluding hydrogens is 344 g/mol. The molecule has 1 saturated heterocycles. The molecule has 3 rings (SSSR count). The number of benzene rings is 2. The lowest BCUT2D eigenvalue weighted by Crippen LogP contribution is -2.23. The van der Waals surface area contributed by atoms with Gasteiger partial charge >= 0.3 is 0 Å². The Labute approximate surface area is 157 Å². The lowest BCUT2D eigenvalue weighted by Gasteiger charge is -2.22. The Morgan fingerprint density at radius 2 is 1.50 bits per heavy atom. The van der Waals surface area contributed by atoms with Gasteiger partial charge in [-0.05, 0) is 55.5 Å². The Morgan fingerprint density at radius 3 is 2.15 bits per heavy atom. The summed E-state index contributed by atoms with van der Waals surface area (Å²) in [6, 6.07) is 17.8. The fourth-order valence-electron chi connectivity index (χ4n) is 3.41. The van der Waals surface area contributed by atoms with E-state index in [9.17, 15) is 8.42 Å². The van der Waals surface area contributed by atoms with Crippen LogP contribution in [0.4, 0.5) is 11.4 Å². The number of hydrogen-bond acceptors (Lipinski definition) is 3. The molecule has 1 N–H and O–H groups in total. The molecule has 0 spiro atoms. The lowest BCUT2D eigenvalue weighted by molar-refractivity contribution is 0.598. The Morgan fingerprint density at radius 1 is 0.846 bits per heavy atom. The van der Waals surface area contributed by atoms with Crippen molar-refractivity contribution in [3.63, 3.8) is 0 Å². The van der Waals surface area contributed by atoms with E-state index in [2.05, 4.69) is 9.62 Å². The van der Waals surface area contributed by atoms with E-state index in [1.807, 2.05) is 54.6 Å². The summed E-state index contributed by atoms with van der Waals surface area (Å²) in [5.41, 5.74) is 2.99. The number of rotatable bonds is 7. The summed E-state index contributed by atoms with van der Waals surface area (Å²) in [6.07, 6.45) is 6.46. The molecule has 1 fully saturated rings. The van der Waals surface area contributed by atoms with Crippen LogP contribution in [-0.2, 0) is 16.4 Å². The van der Waals surface area contributed by atoms with E-state index in [1.54, 1.807) is 0 Å². The van der Waals surface area contributed by atoms with Crippen molar-refractivity contribution >= 4 is 21.4 Å². The van der Waals surface area contributed by atoms with E-state index in [-0.39, 0.29) is 5.75 Å². The second-order valence-corrected chi connectivity index (χ2v) is 8.80. The summed E-state index contributed by atoms with van der Waals surface area (Å²) in [4.78, 5) is 2.39. The molecule has 4 nitrogen and oxygen atoms in total. The maximum atomic E-state index is 12.3. The molecule has 2 aromatic rings. The third kappa shape index (κ3) is 5.77. The average molecular weight is 373 g/mol. The van der Waals surface area contributed by atoms with Gasteiger partial charge < -0.3 is 4.90 Å². The van der Waals surface area contributed by atoms with Crippen LogP contribution in [0.1, 0.15) is 37.7 Å². The first kappa shape index (κ1) is 18.8. The minimum absolute atomic E-state index is 0.135. The highest BCUT2D eigenvalue weighted by atomic mass is 32.2. The van der Waals surface area contributed by atoms with Gasteiger partial charge in [0.2, 0.25) is 10.0 Å². The molecule has 0 atom stereocenters. The minimum Gasteiger partial charge on any atom is -0.372 e. The van der Waals surface area contributed by atoms with Crippen LogP contribution in [0, 0.1) is 0 Å². The molecule has 1 aliphatic heterocycles. The van der Waals surface area contributed by atoms with Crippen molar-refractivity contribution in [2.24, 2.45) is 0 Å². The first-order valence-electron chi connectivity index (χ1n) is 9.52. The van der Waals surface area contributed by atoms with Crippen LogP contribution in [0.25, 0.3) is 0 Å². The fourth-order valence-corrected chi connectivity index (χ4v) is 4.53. The molecule has 2 aromatic carbocycles. The van der Waals surface area contributed by atoms with Crippen molar-refractivity contribution < 1.29 is 8.42 Å². The van der Waals surface area contributed by atoms with Gasteiger partial charge in [0.15, 0.2) is 0 Å². The highest BCUT2D eigenvalue weighted by molar-refractivity contribution is 7.92. The normalized spacial score (nSPS) is 15.5. The molecule has 1 heterocycles. The lowest BCUT2D eigenvalue weighted by atomic mass is 10.1. The van der Waals surface area contributed by atoms with Gasteiger partial charge in [-0.3, -0.25) is 4.72 Å². The van der Waals surface area contributed by atoms with Crippen molar-refractivity contribution in [3.8, 4) is 0 Å². The standard InChI is InChI=1S/C21H28N2O2S/c24-26(25,18-8-11-19-9-4-3-5-10-19)22-20-12-14-21(15-13-20)23-16-6-1-2-7-17-23/h3-5,9-10,12-15,22H,1-2,6-8,11,16-18H2. The number of anilines is 2.